The van der Waals surface area contributed by atoms with Gasteiger partial charge in [0.1, 0.15) is 5.75 Å². The van der Waals surface area contributed by atoms with Gasteiger partial charge in [-0.3, -0.25) is 9.59 Å². The number of carbonyl (C=O) groups is 3. The van der Waals surface area contributed by atoms with E-state index >= 15 is 0 Å². The Balaban J connectivity index is 1.84. The van der Waals surface area contributed by atoms with Gasteiger partial charge in [-0.25, -0.2) is 15.6 Å². The van der Waals surface area contributed by atoms with E-state index in [0.717, 1.165) is 0 Å². The molecule has 3 N–H and O–H groups in total. The smallest absolute Gasteiger partial charge is 0.341 e. The number of aliphatic carboxylic acids is 1. The Morgan fingerprint density at radius 1 is 1.44 bits per heavy atom. The number of carboxylic acid groups (broad SMARTS) is 1. The zero-order valence-electron chi connectivity index (χ0n) is 13.6. The molecule has 2 rings (SSSR count). The van der Waals surface area contributed by atoms with Gasteiger partial charge in [0.25, 0.3) is 0 Å². The second kappa shape index (κ2) is 8.57. The van der Waals surface area contributed by atoms with Gasteiger partial charge < -0.3 is 9.84 Å². The van der Waals surface area contributed by atoms with E-state index in [4.69, 9.17) is 9.84 Å². The highest BCUT2D eigenvalue weighted by Gasteiger charge is 2.26. The minimum atomic E-state index is -1.09. The Morgan fingerprint density at radius 2 is 2.20 bits per heavy atom. The van der Waals surface area contributed by atoms with Gasteiger partial charge in [0.2, 0.25) is 11.8 Å². The lowest BCUT2D eigenvalue weighted by molar-refractivity contribution is -0.139. The number of hydrogen-bond donors (Lipinski definition) is 3. The summed E-state index contributed by atoms with van der Waals surface area (Å²) in [5.74, 6) is -1.68. The second-order valence-corrected chi connectivity index (χ2v) is 5.33. The number of hydrogen-bond acceptors (Lipinski definition) is 6. The molecule has 0 aromatic heterocycles. The first kappa shape index (κ1) is 18.1. The molecule has 0 spiro atoms. The molecule has 1 aliphatic heterocycles. The van der Waals surface area contributed by atoms with Crippen LogP contribution in [0.15, 0.2) is 34.5 Å². The fourth-order valence-electron chi connectivity index (χ4n) is 2.19. The molecule has 0 fully saturated rings. The quantitative estimate of drug-likeness (QED) is 0.466. The van der Waals surface area contributed by atoms with Crippen molar-refractivity contribution in [1.29, 1.82) is 0 Å². The Morgan fingerprint density at radius 3 is 2.88 bits per heavy atom. The predicted molar refractivity (Wildman–Crippen MR) is 89.3 cm³/mol. The maximum Gasteiger partial charge on any atom is 0.341 e. The van der Waals surface area contributed by atoms with Crippen molar-refractivity contribution in [2.24, 2.45) is 16.1 Å². The van der Waals surface area contributed by atoms with Crippen molar-refractivity contribution in [3.63, 3.8) is 0 Å². The van der Waals surface area contributed by atoms with Crippen molar-refractivity contribution in [2.45, 2.75) is 19.8 Å². The van der Waals surface area contributed by atoms with Gasteiger partial charge >= 0.3 is 5.97 Å². The van der Waals surface area contributed by atoms with E-state index in [9.17, 15) is 14.4 Å². The monoisotopic (exact) mass is 346 g/mol. The molecule has 0 aliphatic carbocycles. The summed E-state index contributed by atoms with van der Waals surface area (Å²) in [6.45, 7) is 1.26. The highest BCUT2D eigenvalue weighted by atomic mass is 16.5. The third-order valence-corrected chi connectivity index (χ3v) is 3.49. The summed E-state index contributed by atoms with van der Waals surface area (Å²) in [7, 11) is 0. The summed E-state index contributed by atoms with van der Waals surface area (Å²) < 4.78 is 5.13. The number of carbonyl (C=O) groups excluding carboxylic acids is 2. The van der Waals surface area contributed by atoms with Gasteiger partial charge in [-0.1, -0.05) is 12.1 Å². The standard InChI is InChI=1S/C16H18N4O5/c1-10-12(16(24)20-18-10)6-7-14(21)19-17-8-11-4-2-3-5-13(11)25-9-15(22)23/h2-5,8,12H,6-7,9H2,1H3,(H,19,21)(H,20,24)(H,22,23)/b17-8+/t12-/m0/s1. The molecule has 9 heteroatoms. The molecule has 1 heterocycles. The first-order valence-corrected chi connectivity index (χ1v) is 7.57. The van der Waals surface area contributed by atoms with Gasteiger partial charge in [0.15, 0.2) is 6.61 Å². The van der Waals surface area contributed by atoms with Gasteiger partial charge in [-0.15, -0.1) is 0 Å². The van der Waals surface area contributed by atoms with Crippen LogP contribution < -0.4 is 15.6 Å². The molecule has 0 radical (unpaired) electrons. The molecule has 1 aliphatic rings. The number of carboxylic acids is 1. The fourth-order valence-corrected chi connectivity index (χ4v) is 2.19. The molecule has 25 heavy (non-hydrogen) atoms. The summed E-state index contributed by atoms with van der Waals surface area (Å²) in [6.07, 6.45) is 1.84. The lowest BCUT2D eigenvalue weighted by Gasteiger charge is -2.07. The Kier molecular flexibility index (Phi) is 6.21. The topological polar surface area (TPSA) is 129 Å². The normalized spacial score (nSPS) is 16.4. The van der Waals surface area contributed by atoms with Crippen molar-refractivity contribution in [1.82, 2.24) is 10.9 Å². The highest BCUT2D eigenvalue weighted by molar-refractivity contribution is 6.07. The summed E-state index contributed by atoms with van der Waals surface area (Å²) in [4.78, 5) is 33.9. The van der Waals surface area contributed by atoms with Crippen LogP contribution in [0.1, 0.15) is 25.3 Å². The minimum absolute atomic E-state index is 0.124. The first-order valence-electron chi connectivity index (χ1n) is 7.57. The van der Waals surface area contributed by atoms with Crippen LogP contribution in [-0.2, 0) is 14.4 Å². The number of nitrogens with zero attached hydrogens (tertiary/aromatic N) is 2. The average molecular weight is 346 g/mol. The maximum atomic E-state index is 11.8. The molecule has 0 unspecified atom stereocenters. The zero-order valence-corrected chi connectivity index (χ0v) is 13.6. The van der Waals surface area contributed by atoms with Crippen molar-refractivity contribution in [3.05, 3.63) is 29.8 Å². The molecule has 0 saturated carbocycles. The van der Waals surface area contributed by atoms with Gasteiger partial charge in [-0.05, 0) is 25.5 Å². The SMILES string of the molecule is CC1=NNC(=O)[C@H]1CCC(=O)N/N=C/c1ccccc1OCC(=O)O. The van der Waals surface area contributed by atoms with Gasteiger partial charge in [0, 0.05) is 17.7 Å². The molecular weight excluding hydrogens is 328 g/mol. The highest BCUT2D eigenvalue weighted by Crippen LogP contribution is 2.16. The van der Waals surface area contributed by atoms with E-state index in [2.05, 4.69) is 21.1 Å². The zero-order chi connectivity index (χ0) is 18.2. The van der Waals surface area contributed by atoms with Crippen molar-refractivity contribution < 1.29 is 24.2 Å². The molecule has 132 valence electrons. The number of rotatable bonds is 8. The van der Waals surface area contributed by atoms with E-state index < -0.39 is 12.6 Å². The van der Waals surface area contributed by atoms with E-state index in [-0.39, 0.29) is 24.2 Å². The van der Waals surface area contributed by atoms with Crippen LogP contribution in [0.25, 0.3) is 0 Å². The molecule has 0 bridgehead atoms. The number of hydrazone groups is 2. The minimum Gasteiger partial charge on any atom is -0.481 e. The summed E-state index contributed by atoms with van der Waals surface area (Å²) in [5, 5.41) is 16.3. The fraction of sp³-hybridized carbons (Fsp3) is 0.312. The molecule has 2 amide bonds. The van der Waals surface area contributed by atoms with E-state index in [1.165, 1.54) is 6.21 Å². The number of nitrogens with one attached hydrogen (secondary N) is 2. The Hall–Kier alpha value is -3.23. The van der Waals surface area contributed by atoms with E-state index in [1.807, 2.05) is 0 Å². The maximum absolute atomic E-state index is 11.8. The lowest BCUT2D eigenvalue weighted by atomic mass is 9.99. The van der Waals surface area contributed by atoms with Crippen molar-refractivity contribution in [2.75, 3.05) is 6.61 Å². The summed E-state index contributed by atoms with van der Waals surface area (Å²) in [6, 6.07) is 6.71. The van der Waals surface area contributed by atoms with Crippen LogP contribution in [0.2, 0.25) is 0 Å². The molecular formula is C16H18N4O5. The third-order valence-electron chi connectivity index (χ3n) is 3.49. The third kappa shape index (κ3) is 5.41. The number of benzene rings is 1. The number of amides is 2. The number of para-hydroxylation sites is 1. The largest absolute Gasteiger partial charge is 0.481 e. The van der Waals surface area contributed by atoms with E-state index in [0.29, 0.717) is 23.4 Å². The van der Waals surface area contributed by atoms with Crippen LogP contribution in [0, 0.1) is 5.92 Å². The molecule has 1 atom stereocenters. The van der Waals surface area contributed by atoms with E-state index in [1.54, 1.807) is 31.2 Å². The molecule has 1 aromatic carbocycles. The van der Waals surface area contributed by atoms with Crippen molar-refractivity contribution >= 4 is 29.7 Å². The second-order valence-electron chi connectivity index (χ2n) is 5.33. The van der Waals surface area contributed by atoms with Crippen LogP contribution in [0.4, 0.5) is 0 Å². The van der Waals surface area contributed by atoms with Crippen LogP contribution >= 0.6 is 0 Å². The Labute approximate surface area is 143 Å². The van der Waals surface area contributed by atoms with Crippen LogP contribution in [-0.4, -0.2) is 41.4 Å². The van der Waals surface area contributed by atoms with Crippen molar-refractivity contribution in [3.8, 4) is 5.75 Å². The van der Waals surface area contributed by atoms with Crippen LogP contribution in [0.3, 0.4) is 0 Å². The summed E-state index contributed by atoms with van der Waals surface area (Å²) >= 11 is 0. The predicted octanol–water partition coefficient (Wildman–Crippen LogP) is 0.502. The number of ether oxygens (including phenoxy) is 1. The molecule has 9 nitrogen and oxygen atoms in total. The van der Waals surface area contributed by atoms with Gasteiger partial charge in [0.05, 0.1) is 12.1 Å². The molecule has 1 aromatic rings. The average Bonchev–Trinajstić information content (AvgIpc) is 2.90. The molecule has 0 saturated heterocycles. The Bertz CT molecular complexity index is 729. The lowest BCUT2D eigenvalue weighted by Crippen LogP contribution is -2.25. The van der Waals surface area contributed by atoms with Crippen LogP contribution in [0.5, 0.6) is 5.75 Å². The summed E-state index contributed by atoms with van der Waals surface area (Å²) in [5.41, 5.74) is 5.92. The van der Waals surface area contributed by atoms with Gasteiger partial charge in [-0.2, -0.15) is 10.2 Å². The first-order chi connectivity index (χ1) is 12.0.